The number of carbonyl (C=O) groups excluding carboxylic acids is 2. The lowest BCUT2D eigenvalue weighted by Crippen LogP contribution is -2.21. The number of amides is 1. The van der Waals surface area contributed by atoms with Crippen molar-refractivity contribution in [2.24, 2.45) is 0 Å². The Bertz CT molecular complexity index is 1060. The fourth-order valence-corrected chi connectivity index (χ4v) is 3.15. The Morgan fingerprint density at radius 1 is 1.17 bits per heavy atom. The monoisotopic (exact) mass is 407 g/mol. The summed E-state index contributed by atoms with van der Waals surface area (Å²) < 4.78 is 10.6. The van der Waals surface area contributed by atoms with E-state index in [0.717, 1.165) is 10.5 Å². The Labute approximate surface area is 171 Å². The van der Waals surface area contributed by atoms with Crippen LogP contribution in [0, 0.1) is 18.3 Å². The van der Waals surface area contributed by atoms with Gasteiger partial charge >= 0.3 is 5.97 Å². The molecule has 3 aromatic rings. The molecule has 0 aliphatic rings. The molecule has 29 heavy (non-hydrogen) atoms. The van der Waals surface area contributed by atoms with Gasteiger partial charge < -0.3 is 14.5 Å². The normalized spacial score (nSPS) is 10.2. The van der Waals surface area contributed by atoms with Gasteiger partial charge in [0.15, 0.2) is 12.3 Å². The summed E-state index contributed by atoms with van der Waals surface area (Å²) in [6, 6.07) is 18.3. The molecule has 8 heteroatoms. The van der Waals surface area contributed by atoms with E-state index in [1.807, 2.05) is 42.5 Å². The molecule has 1 aromatic heterocycles. The highest BCUT2D eigenvalue weighted by molar-refractivity contribution is 7.99. The van der Waals surface area contributed by atoms with Crippen LogP contribution in [0.25, 0.3) is 11.5 Å². The number of hydrogen-bond acceptors (Lipinski definition) is 7. The van der Waals surface area contributed by atoms with Crippen LogP contribution in [0.2, 0.25) is 0 Å². The van der Waals surface area contributed by atoms with Crippen molar-refractivity contribution in [3.63, 3.8) is 0 Å². The number of thioether (sulfide) groups is 1. The second-order valence-corrected chi connectivity index (χ2v) is 6.87. The zero-order valence-electron chi connectivity index (χ0n) is 15.5. The standard InChI is InChI=1S/C21H17N3O4S/c1-14-19(24-20(28-14)15-7-3-2-4-8-15)21(26)27-13-18(25)23-16-9-5-6-10-17(16)29-12-11-22/h2-10H,12-13H2,1H3,(H,23,25). The average molecular weight is 407 g/mol. The Balaban J connectivity index is 1.61. The minimum absolute atomic E-state index is 0.0293. The quantitative estimate of drug-likeness (QED) is 0.465. The number of esters is 1. The molecule has 1 N–H and O–H groups in total. The zero-order valence-corrected chi connectivity index (χ0v) is 16.4. The number of nitriles is 1. The van der Waals surface area contributed by atoms with Crippen LogP contribution in [0.5, 0.6) is 0 Å². The van der Waals surface area contributed by atoms with Gasteiger partial charge in [0.2, 0.25) is 5.89 Å². The highest BCUT2D eigenvalue weighted by atomic mass is 32.2. The smallest absolute Gasteiger partial charge is 0.361 e. The lowest BCUT2D eigenvalue weighted by atomic mass is 10.2. The second kappa shape index (κ2) is 9.57. The molecule has 3 rings (SSSR count). The van der Waals surface area contributed by atoms with E-state index in [1.54, 1.807) is 25.1 Å². The minimum atomic E-state index is -0.740. The minimum Gasteiger partial charge on any atom is -0.451 e. The van der Waals surface area contributed by atoms with Crippen LogP contribution in [0.4, 0.5) is 5.69 Å². The predicted octanol–water partition coefficient (Wildman–Crippen LogP) is 4.06. The van der Waals surface area contributed by atoms with E-state index in [-0.39, 0.29) is 11.4 Å². The van der Waals surface area contributed by atoms with E-state index in [1.165, 1.54) is 11.8 Å². The third-order valence-corrected chi connectivity index (χ3v) is 4.74. The van der Waals surface area contributed by atoms with Gasteiger partial charge in [-0.1, -0.05) is 30.3 Å². The summed E-state index contributed by atoms with van der Waals surface area (Å²) >= 11 is 1.31. The highest BCUT2D eigenvalue weighted by Gasteiger charge is 2.20. The molecule has 0 bridgehead atoms. The van der Waals surface area contributed by atoms with Gasteiger partial charge in [0.05, 0.1) is 17.5 Å². The maximum atomic E-state index is 12.3. The molecule has 0 aliphatic carbocycles. The maximum Gasteiger partial charge on any atom is 0.361 e. The van der Waals surface area contributed by atoms with E-state index in [2.05, 4.69) is 10.3 Å². The lowest BCUT2D eigenvalue weighted by molar-refractivity contribution is -0.119. The molecule has 0 radical (unpaired) electrons. The fourth-order valence-electron chi connectivity index (χ4n) is 2.48. The van der Waals surface area contributed by atoms with Gasteiger partial charge in [-0.2, -0.15) is 5.26 Å². The van der Waals surface area contributed by atoms with Crippen molar-refractivity contribution in [2.75, 3.05) is 17.7 Å². The SMILES string of the molecule is Cc1oc(-c2ccccc2)nc1C(=O)OCC(=O)Nc1ccccc1SCC#N. The Morgan fingerprint density at radius 2 is 1.90 bits per heavy atom. The van der Waals surface area contributed by atoms with Crippen molar-refractivity contribution in [3.05, 3.63) is 66.1 Å². The van der Waals surface area contributed by atoms with Gasteiger partial charge in [-0.15, -0.1) is 11.8 Å². The third-order valence-electron chi connectivity index (χ3n) is 3.80. The summed E-state index contributed by atoms with van der Waals surface area (Å²) in [7, 11) is 0. The van der Waals surface area contributed by atoms with Crippen LogP contribution in [-0.4, -0.2) is 29.2 Å². The van der Waals surface area contributed by atoms with Crippen molar-refractivity contribution >= 4 is 29.3 Å². The van der Waals surface area contributed by atoms with Crippen molar-refractivity contribution in [1.82, 2.24) is 4.98 Å². The number of carbonyl (C=O) groups is 2. The van der Waals surface area contributed by atoms with Gasteiger partial charge in [-0.25, -0.2) is 9.78 Å². The molecule has 0 aliphatic heterocycles. The molecule has 0 unspecified atom stereocenters. The van der Waals surface area contributed by atoms with E-state index < -0.39 is 18.5 Å². The predicted molar refractivity (Wildman–Crippen MR) is 108 cm³/mol. The second-order valence-electron chi connectivity index (χ2n) is 5.86. The largest absolute Gasteiger partial charge is 0.451 e. The van der Waals surface area contributed by atoms with Crippen LogP contribution < -0.4 is 5.32 Å². The van der Waals surface area contributed by atoms with E-state index in [4.69, 9.17) is 14.4 Å². The average Bonchev–Trinajstić information content (AvgIpc) is 3.14. The first-order valence-corrected chi connectivity index (χ1v) is 9.65. The molecule has 1 amide bonds. The molecule has 2 aromatic carbocycles. The van der Waals surface area contributed by atoms with Crippen LogP contribution in [0.1, 0.15) is 16.2 Å². The van der Waals surface area contributed by atoms with Gasteiger partial charge in [0, 0.05) is 10.5 Å². The first kappa shape index (κ1) is 20.2. The van der Waals surface area contributed by atoms with Gasteiger partial charge in [0.1, 0.15) is 5.76 Å². The fraction of sp³-hybridized carbons (Fsp3) is 0.143. The number of rotatable bonds is 7. The molecule has 7 nitrogen and oxygen atoms in total. The lowest BCUT2D eigenvalue weighted by Gasteiger charge is -2.09. The Kier molecular flexibility index (Phi) is 6.66. The van der Waals surface area contributed by atoms with Gasteiger partial charge in [-0.05, 0) is 31.2 Å². The third kappa shape index (κ3) is 5.24. The van der Waals surface area contributed by atoms with E-state index >= 15 is 0 Å². The highest BCUT2D eigenvalue weighted by Crippen LogP contribution is 2.26. The molecule has 0 saturated heterocycles. The zero-order chi connectivity index (χ0) is 20.6. The maximum absolute atomic E-state index is 12.3. The van der Waals surface area contributed by atoms with Crippen molar-refractivity contribution in [3.8, 4) is 17.5 Å². The number of aryl methyl sites for hydroxylation is 1. The molecule has 1 heterocycles. The molecule has 146 valence electrons. The Morgan fingerprint density at radius 3 is 2.66 bits per heavy atom. The summed E-state index contributed by atoms with van der Waals surface area (Å²) in [4.78, 5) is 29.4. The summed E-state index contributed by atoms with van der Waals surface area (Å²) in [5.74, 6) is -0.351. The van der Waals surface area contributed by atoms with Gasteiger partial charge in [-0.3, -0.25) is 4.79 Å². The number of benzene rings is 2. The van der Waals surface area contributed by atoms with Gasteiger partial charge in [0.25, 0.3) is 5.91 Å². The number of para-hydroxylation sites is 1. The topological polar surface area (TPSA) is 105 Å². The number of aromatic nitrogens is 1. The van der Waals surface area contributed by atoms with Crippen LogP contribution in [0.15, 0.2) is 63.9 Å². The van der Waals surface area contributed by atoms with E-state index in [9.17, 15) is 9.59 Å². The number of oxazole rings is 1. The Hall–Kier alpha value is -3.57. The number of hydrogen-bond donors (Lipinski definition) is 1. The molecular formula is C21H17N3O4S. The van der Waals surface area contributed by atoms with E-state index in [0.29, 0.717) is 17.3 Å². The summed E-state index contributed by atoms with van der Waals surface area (Å²) in [6.07, 6.45) is 0. The molecule has 0 fully saturated rings. The van der Waals surface area contributed by atoms with Crippen LogP contribution >= 0.6 is 11.8 Å². The number of ether oxygens (including phenoxy) is 1. The number of nitrogens with zero attached hydrogens (tertiary/aromatic N) is 2. The molecule has 0 spiro atoms. The summed E-state index contributed by atoms with van der Waals surface area (Å²) in [5, 5.41) is 11.4. The van der Waals surface area contributed by atoms with Crippen LogP contribution in [-0.2, 0) is 9.53 Å². The number of nitrogens with one attached hydrogen (secondary N) is 1. The molecular weight excluding hydrogens is 390 g/mol. The molecule has 0 atom stereocenters. The van der Waals surface area contributed by atoms with Crippen molar-refractivity contribution < 1.29 is 18.7 Å². The number of anilines is 1. The summed E-state index contributed by atoms with van der Waals surface area (Å²) in [6.45, 7) is 1.14. The first-order valence-electron chi connectivity index (χ1n) is 8.67. The molecule has 0 saturated carbocycles. The summed E-state index contributed by atoms with van der Waals surface area (Å²) in [5.41, 5.74) is 1.32. The van der Waals surface area contributed by atoms with Crippen LogP contribution in [0.3, 0.4) is 0 Å². The van der Waals surface area contributed by atoms with Crippen molar-refractivity contribution in [1.29, 1.82) is 5.26 Å². The first-order chi connectivity index (χ1) is 14.1. The van der Waals surface area contributed by atoms with Crippen molar-refractivity contribution in [2.45, 2.75) is 11.8 Å².